The molecule has 0 saturated carbocycles. The number of carbonyl (C=O) groups is 2. The van der Waals surface area contributed by atoms with E-state index in [4.69, 9.17) is 4.74 Å². The summed E-state index contributed by atoms with van der Waals surface area (Å²) in [4.78, 5) is 23.8. The number of aliphatic carboxylic acids is 1. The number of hydrogen-bond donors (Lipinski definition) is 5. The molecular formula is C46H42F6N4O8. The molecule has 18 heteroatoms. The van der Waals surface area contributed by atoms with E-state index < -0.39 is 59.8 Å². The van der Waals surface area contributed by atoms with Crippen molar-refractivity contribution < 1.29 is 66.2 Å². The van der Waals surface area contributed by atoms with Gasteiger partial charge in [-0.3, -0.25) is 9.48 Å². The van der Waals surface area contributed by atoms with Gasteiger partial charge in [0.1, 0.15) is 12.1 Å². The number of aromatic nitrogens is 4. The van der Waals surface area contributed by atoms with E-state index in [1.807, 2.05) is 0 Å². The fraction of sp³-hybridized carbons (Fsp3) is 0.304. The molecule has 0 aliphatic heterocycles. The number of carboxylic acid groups (broad SMARTS) is 1. The molecule has 0 unspecified atom stereocenters. The second-order valence-corrected chi connectivity index (χ2v) is 16.8. The maximum Gasteiger partial charge on any atom is 0.425 e. The fourth-order valence-corrected chi connectivity index (χ4v) is 8.33. The van der Waals surface area contributed by atoms with Crippen LogP contribution in [0.4, 0.5) is 26.3 Å². The number of carbonyl (C=O) groups excluding carboxylic acids is 1. The topological polar surface area (TPSA) is 180 Å². The molecule has 0 fully saturated rings. The second-order valence-electron chi connectivity index (χ2n) is 16.8. The molecule has 2 aromatic heterocycles. The maximum absolute atomic E-state index is 14.1. The molecule has 64 heavy (non-hydrogen) atoms. The third-order valence-electron chi connectivity index (χ3n) is 11.2. The van der Waals surface area contributed by atoms with E-state index in [1.165, 1.54) is 65.7 Å². The van der Waals surface area contributed by atoms with Crippen molar-refractivity contribution in [3.63, 3.8) is 0 Å². The number of esters is 1. The van der Waals surface area contributed by atoms with Gasteiger partial charge in [0.05, 0.1) is 25.6 Å². The van der Waals surface area contributed by atoms with E-state index in [-0.39, 0.29) is 45.5 Å². The molecule has 0 radical (unpaired) electrons. The minimum Gasteiger partial charge on any atom is -0.479 e. The molecule has 4 aromatic carbocycles. The highest BCUT2D eigenvalue weighted by Gasteiger charge is 2.62. The lowest BCUT2D eigenvalue weighted by Crippen LogP contribution is -2.48. The summed E-state index contributed by atoms with van der Waals surface area (Å²) in [5.41, 5.74) is -6.56. The lowest BCUT2D eigenvalue weighted by molar-refractivity contribution is -0.247. The standard InChI is InChI=1S/C24H23F3N2O3.C22H19F3N2O5/c1-14-9-17(15-11-28-29(12-15)13-20(30)32-22(2,3)4)21-16-7-5-6-8-18(16)23(31,19(21)10-14)24(25,26)27;1-12-6-15(13-8-26-27(9-13)20(10-28,11-29)19(30)31)18-14-4-2-3-5-16(14)21(32,17(18)7-12)22(23,24)25/h5-12,31H,13H2,1-4H3;2-9,28-29,32H,10-11H2,1H3,(H,30,31)/t23-;21-/m11/s1. The van der Waals surface area contributed by atoms with Gasteiger partial charge in [-0.05, 0) is 68.0 Å². The molecule has 8 rings (SSSR count). The van der Waals surface area contributed by atoms with Crippen LogP contribution in [-0.4, -0.2) is 88.2 Å². The number of aryl methyl sites for hydroxylation is 2. The monoisotopic (exact) mass is 892 g/mol. The second kappa shape index (κ2) is 15.7. The zero-order valence-corrected chi connectivity index (χ0v) is 34.9. The molecule has 2 atom stereocenters. The largest absolute Gasteiger partial charge is 0.479 e. The predicted octanol–water partition coefficient (Wildman–Crippen LogP) is 7.38. The smallest absolute Gasteiger partial charge is 0.425 e. The van der Waals surface area contributed by atoms with E-state index in [0.717, 1.165) is 4.68 Å². The van der Waals surface area contributed by atoms with Gasteiger partial charge in [0.15, 0.2) is 0 Å². The van der Waals surface area contributed by atoms with Gasteiger partial charge in [-0.15, -0.1) is 0 Å². The van der Waals surface area contributed by atoms with E-state index in [1.54, 1.807) is 71.1 Å². The highest BCUT2D eigenvalue weighted by Crippen LogP contribution is 2.59. The first kappa shape index (κ1) is 45.7. The van der Waals surface area contributed by atoms with Gasteiger partial charge in [0.25, 0.3) is 0 Å². The summed E-state index contributed by atoms with van der Waals surface area (Å²) in [5.74, 6) is -2.00. The molecule has 336 valence electrons. The summed E-state index contributed by atoms with van der Waals surface area (Å²) in [6.45, 7) is 6.49. The quantitative estimate of drug-likeness (QED) is 0.0765. The van der Waals surface area contributed by atoms with Crippen molar-refractivity contribution in [2.24, 2.45) is 0 Å². The normalized spacial score (nSPS) is 17.8. The summed E-state index contributed by atoms with van der Waals surface area (Å²) in [6, 6.07) is 17.7. The summed E-state index contributed by atoms with van der Waals surface area (Å²) in [7, 11) is 0. The Labute approximate surface area is 361 Å². The number of rotatable bonds is 8. The Morgan fingerprint density at radius 1 is 0.656 bits per heavy atom. The summed E-state index contributed by atoms with van der Waals surface area (Å²) >= 11 is 0. The molecule has 2 aliphatic carbocycles. The summed E-state index contributed by atoms with van der Waals surface area (Å²) in [6.07, 6.45) is -4.33. The lowest BCUT2D eigenvalue weighted by atomic mass is 9.88. The number of halogens is 6. The van der Waals surface area contributed by atoms with Crippen LogP contribution in [0, 0.1) is 13.8 Å². The summed E-state index contributed by atoms with van der Waals surface area (Å²) in [5, 5.41) is 58.7. The molecule has 5 N–H and O–H groups in total. The van der Waals surface area contributed by atoms with Crippen molar-refractivity contribution in [3.8, 4) is 44.5 Å². The molecule has 2 aliphatic rings. The third-order valence-corrected chi connectivity index (χ3v) is 11.2. The molecule has 2 heterocycles. The number of ether oxygens (including phenoxy) is 1. The van der Waals surface area contributed by atoms with Crippen molar-refractivity contribution in [2.75, 3.05) is 13.2 Å². The average molecular weight is 893 g/mol. The first-order valence-electron chi connectivity index (χ1n) is 19.7. The number of benzene rings is 4. The Balaban J connectivity index is 0.000000191. The van der Waals surface area contributed by atoms with Crippen LogP contribution in [0.25, 0.3) is 44.5 Å². The van der Waals surface area contributed by atoms with Gasteiger partial charge < -0.3 is 30.3 Å². The SMILES string of the molecule is Cc1cc(-c2cnn(C(CO)(CO)C(=O)O)c2)c2c(c1)[C@@](O)(C(F)(F)F)c1ccccc1-2.Cc1cc(-c2cnn(CC(=O)OC(C)(C)C)c2)c2c(c1)[C@@](O)(C(F)(F)F)c1ccccc1-2. The number of aliphatic hydroxyl groups is 4. The zero-order valence-electron chi connectivity index (χ0n) is 34.9. The van der Waals surface area contributed by atoms with Crippen LogP contribution in [0.5, 0.6) is 0 Å². The van der Waals surface area contributed by atoms with Gasteiger partial charge in [-0.25, -0.2) is 9.48 Å². The van der Waals surface area contributed by atoms with Crippen molar-refractivity contribution in [1.82, 2.24) is 19.6 Å². The van der Waals surface area contributed by atoms with Gasteiger partial charge in [-0.2, -0.15) is 36.5 Å². The van der Waals surface area contributed by atoms with Crippen LogP contribution in [0.2, 0.25) is 0 Å². The van der Waals surface area contributed by atoms with Crippen LogP contribution >= 0.6 is 0 Å². The molecule has 0 spiro atoms. The number of fused-ring (bicyclic) bond motifs is 6. The van der Waals surface area contributed by atoms with Crippen LogP contribution in [0.15, 0.2) is 97.6 Å². The number of carboxylic acids is 1. The van der Waals surface area contributed by atoms with Gasteiger partial charge in [0.2, 0.25) is 16.7 Å². The Hall–Kier alpha value is -6.34. The van der Waals surface area contributed by atoms with E-state index >= 15 is 0 Å². The Kier molecular flexibility index (Phi) is 11.2. The summed E-state index contributed by atoms with van der Waals surface area (Å²) < 4.78 is 92.3. The highest BCUT2D eigenvalue weighted by molar-refractivity contribution is 5.94. The molecule has 6 aromatic rings. The van der Waals surface area contributed by atoms with Crippen LogP contribution in [-0.2, 0) is 37.6 Å². The number of nitrogens with zero attached hydrogens (tertiary/aromatic N) is 4. The molecule has 0 bridgehead atoms. The van der Waals surface area contributed by atoms with Crippen LogP contribution in [0.3, 0.4) is 0 Å². The van der Waals surface area contributed by atoms with Crippen molar-refractivity contribution >= 4 is 11.9 Å². The minimum atomic E-state index is -4.99. The minimum absolute atomic E-state index is 0.131. The third kappa shape index (κ3) is 7.33. The van der Waals surface area contributed by atoms with E-state index in [0.29, 0.717) is 38.9 Å². The van der Waals surface area contributed by atoms with Gasteiger partial charge >= 0.3 is 24.3 Å². The van der Waals surface area contributed by atoms with Crippen LogP contribution < -0.4 is 0 Å². The van der Waals surface area contributed by atoms with E-state index in [2.05, 4.69) is 10.2 Å². The maximum atomic E-state index is 14.1. The van der Waals surface area contributed by atoms with Crippen LogP contribution in [0.1, 0.15) is 54.2 Å². The Morgan fingerprint density at radius 2 is 1.09 bits per heavy atom. The lowest BCUT2D eigenvalue weighted by Gasteiger charge is -2.28. The van der Waals surface area contributed by atoms with Gasteiger partial charge in [-0.1, -0.05) is 83.9 Å². The number of aliphatic hydroxyl groups excluding tert-OH is 2. The van der Waals surface area contributed by atoms with Crippen molar-refractivity contribution in [3.05, 3.63) is 131 Å². The van der Waals surface area contributed by atoms with Crippen molar-refractivity contribution in [1.29, 1.82) is 0 Å². The first-order valence-corrected chi connectivity index (χ1v) is 19.7. The molecule has 0 saturated heterocycles. The Bertz CT molecular complexity index is 2800. The molecular weight excluding hydrogens is 851 g/mol. The van der Waals surface area contributed by atoms with Crippen molar-refractivity contribution in [2.45, 2.75) is 75.9 Å². The number of alkyl halides is 6. The molecule has 0 amide bonds. The predicted molar refractivity (Wildman–Crippen MR) is 219 cm³/mol. The van der Waals surface area contributed by atoms with Gasteiger partial charge in [0, 0.05) is 45.8 Å². The fourth-order valence-electron chi connectivity index (χ4n) is 8.33. The number of hydrogen-bond acceptors (Lipinski definition) is 9. The van der Waals surface area contributed by atoms with E-state index in [9.17, 15) is 61.5 Å². The first-order chi connectivity index (χ1) is 29.8. The average Bonchev–Trinajstić information content (AvgIpc) is 3.99. The zero-order chi connectivity index (χ0) is 46.9. The highest BCUT2D eigenvalue weighted by atomic mass is 19.4. The Morgan fingerprint density at radius 3 is 1.52 bits per heavy atom. The molecule has 12 nitrogen and oxygen atoms in total.